The molecule has 0 saturated carbocycles. The monoisotopic (exact) mass is 368 g/mol. The normalized spacial score (nSPS) is 11.8. The Balaban J connectivity index is 1.59. The molecule has 4 aromatic heterocycles. The van der Waals surface area contributed by atoms with E-state index in [1.165, 1.54) is 35.6 Å². The summed E-state index contributed by atoms with van der Waals surface area (Å²) in [7, 11) is 0. The average molecular weight is 368 g/mol. The van der Waals surface area contributed by atoms with Crippen LogP contribution in [-0.4, -0.2) is 9.97 Å². The second kappa shape index (κ2) is 5.34. The van der Waals surface area contributed by atoms with Crippen LogP contribution in [0, 0.1) is 0 Å². The summed E-state index contributed by atoms with van der Waals surface area (Å²) in [6.07, 6.45) is 3.86. The summed E-state index contributed by atoms with van der Waals surface area (Å²) in [5.74, 6) is 0. The van der Waals surface area contributed by atoms with E-state index < -0.39 is 0 Å². The van der Waals surface area contributed by atoms with Gasteiger partial charge in [0.1, 0.15) is 4.83 Å². The van der Waals surface area contributed by atoms with Gasteiger partial charge in [0.25, 0.3) is 0 Å². The molecule has 4 heteroatoms. The first-order valence-corrected chi connectivity index (χ1v) is 10.0. The van der Waals surface area contributed by atoms with Crippen molar-refractivity contribution in [3.63, 3.8) is 0 Å². The molecule has 0 N–H and O–H groups in total. The van der Waals surface area contributed by atoms with Gasteiger partial charge in [-0.05, 0) is 30.3 Å². The molecule has 6 aromatic rings. The van der Waals surface area contributed by atoms with Crippen molar-refractivity contribution in [1.82, 2.24) is 9.97 Å². The van der Waals surface area contributed by atoms with E-state index in [2.05, 4.69) is 59.6 Å². The second-order valence-corrected chi connectivity index (χ2v) is 8.45. The summed E-state index contributed by atoms with van der Waals surface area (Å²) in [4.78, 5) is 10.3. The smallest absolute Gasteiger partial charge is 0.124 e. The van der Waals surface area contributed by atoms with Gasteiger partial charge in [0.15, 0.2) is 0 Å². The molecule has 0 unspecified atom stereocenters. The molecule has 0 atom stereocenters. The number of rotatable bonds is 1. The van der Waals surface area contributed by atoms with Crippen LogP contribution >= 0.6 is 22.7 Å². The number of benzene rings is 2. The largest absolute Gasteiger partial charge is 0.255 e. The molecule has 4 heterocycles. The molecule has 26 heavy (non-hydrogen) atoms. The van der Waals surface area contributed by atoms with Crippen LogP contribution in [0.2, 0.25) is 0 Å². The van der Waals surface area contributed by atoms with Crippen LogP contribution in [0.1, 0.15) is 0 Å². The summed E-state index contributed by atoms with van der Waals surface area (Å²) in [6.45, 7) is 0. The van der Waals surface area contributed by atoms with Crippen molar-refractivity contribution < 1.29 is 0 Å². The first kappa shape index (κ1) is 14.4. The Morgan fingerprint density at radius 3 is 2.50 bits per heavy atom. The van der Waals surface area contributed by atoms with Gasteiger partial charge in [0.05, 0.1) is 10.4 Å². The van der Waals surface area contributed by atoms with Crippen molar-refractivity contribution in [1.29, 1.82) is 0 Å². The van der Waals surface area contributed by atoms with E-state index >= 15 is 0 Å². The molecule has 0 amide bonds. The van der Waals surface area contributed by atoms with E-state index in [0.29, 0.717) is 0 Å². The van der Waals surface area contributed by atoms with Gasteiger partial charge in [-0.1, -0.05) is 30.3 Å². The van der Waals surface area contributed by atoms with Gasteiger partial charge in [0.2, 0.25) is 0 Å². The highest BCUT2D eigenvalue weighted by molar-refractivity contribution is 7.26. The molecule has 0 fully saturated rings. The van der Waals surface area contributed by atoms with Gasteiger partial charge in [-0.15, -0.1) is 22.7 Å². The Kier molecular flexibility index (Phi) is 2.95. The summed E-state index contributed by atoms with van der Waals surface area (Å²) in [5, 5.41) is 5.09. The quantitative estimate of drug-likeness (QED) is 0.316. The third kappa shape index (κ3) is 2.03. The Morgan fingerprint density at radius 1 is 0.615 bits per heavy atom. The highest BCUT2D eigenvalue weighted by Crippen LogP contribution is 2.37. The van der Waals surface area contributed by atoms with Crippen LogP contribution in [0.3, 0.4) is 0 Å². The van der Waals surface area contributed by atoms with Crippen molar-refractivity contribution in [2.24, 2.45) is 0 Å². The molecule has 6 rings (SSSR count). The average Bonchev–Trinajstić information content (AvgIpc) is 3.25. The Labute approximate surface area is 157 Å². The van der Waals surface area contributed by atoms with Gasteiger partial charge in [-0.2, -0.15) is 0 Å². The Bertz CT molecular complexity index is 1440. The maximum absolute atomic E-state index is 4.73. The highest BCUT2D eigenvalue weighted by atomic mass is 32.1. The van der Waals surface area contributed by atoms with Gasteiger partial charge >= 0.3 is 0 Å². The van der Waals surface area contributed by atoms with Crippen LogP contribution in [0.15, 0.2) is 73.1 Å². The lowest BCUT2D eigenvalue weighted by molar-refractivity contribution is 1.37. The van der Waals surface area contributed by atoms with Crippen LogP contribution in [-0.2, 0) is 0 Å². The van der Waals surface area contributed by atoms with E-state index in [0.717, 1.165) is 16.1 Å². The zero-order chi connectivity index (χ0) is 17.1. The summed E-state index contributed by atoms with van der Waals surface area (Å²) < 4.78 is 3.81. The van der Waals surface area contributed by atoms with Crippen molar-refractivity contribution in [2.45, 2.75) is 0 Å². The number of pyridine rings is 2. The Morgan fingerprint density at radius 2 is 1.50 bits per heavy atom. The van der Waals surface area contributed by atoms with Crippen LogP contribution in [0.25, 0.3) is 51.7 Å². The first-order chi connectivity index (χ1) is 12.9. The standard InChI is InChI=1S/C22H12N2S2/c1-2-6-19-14(4-1)17-11-18(24-12-21(17)25-19)13-7-8-15-16-5-3-9-23-22(16)26-20(15)10-13/h1-12H. The van der Waals surface area contributed by atoms with Crippen LogP contribution in [0.5, 0.6) is 0 Å². The van der Waals surface area contributed by atoms with E-state index in [-0.39, 0.29) is 0 Å². The molecule has 122 valence electrons. The molecule has 0 aliphatic carbocycles. The predicted octanol–water partition coefficient (Wildman–Crippen LogP) is 6.88. The van der Waals surface area contributed by atoms with Crippen LogP contribution < -0.4 is 0 Å². The van der Waals surface area contributed by atoms with Gasteiger partial charge in [0, 0.05) is 48.9 Å². The highest BCUT2D eigenvalue weighted by Gasteiger charge is 2.10. The number of hydrogen-bond acceptors (Lipinski definition) is 4. The minimum atomic E-state index is 1.02. The summed E-state index contributed by atoms with van der Waals surface area (Å²) in [5.41, 5.74) is 2.18. The second-order valence-electron chi connectivity index (χ2n) is 6.33. The van der Waals surface area contributed by atoms with E-state index in [1.807, 2.05) is 18.5 Å². The molecule has 2 nitrogen and oxygen atoms in total. The number of aromatic nitrogens is 2. The topological polar surface area (TPSA) is 25.8 Å². The van der Waals surface area contributed by atoms with E-state index in [4.69, 9.17) is 4.98 Å². The zero-order valence-corrected chi connectivity index (χ0v) is 15.3. The molecule has 0 bridgehead atoms. The number of hydrogen-bond donors (Lipinski definition) is 0. The molecule has 2 aromatic carbocycles. The molecule has 0 spiro atoms. The van der Waals surface area contributed by atoms with Crippen molar-refractivity contribution in [3.8, 4) is 11.3 Å². The fourth-order valence-corrected chi connectivity index (χ4v) is 5.70. The SMILES string of the molecule is c1ccc2c(c1)sc1cnc(-c3ccc4c(c3)sc3ncccc34)cc12. The predicted molar refractivity (Wildman–Crippen MR) is 113 cm³/mol. The summed E-state index contributed by atoms with van der Waals surface area (Å²) >= 11 is 3.54. The molecule has 0 aliphatic rings. The van der Waals surface area contributed by atoms with Gasteiger partial charge in [-0.3, -0.25) is 4.98 Å². The maximum atomic E-state index is 4.73. The minimum Gasteiger partial charge on any atom is -0.255 e. The zero-order valence-electron chi connectivity index (χ0n) is 13.6. The molecular formula is C22H12N2S2. The van der Waals surface area contributed by atoms with Crippen molar-refractivity contribution in [3.05, 3.63) is 73.1 Å². The molecule has 0 saturated heterocycles. The fraction of sp³-hybridized carbons (Fsp3) is 0. The van der Waals surface area contributed by atoms with Crippen molar-refractivity contribution in [2.75, 3.05) is 0 Å². The van der Waals surface area contributed by atoms with E-state index in [1.54, 1.807) is 22.7 Å². The summed E-state index contributed by atoms with van der Waals surface area (Å²) in [6, 6.07) is 21.5. The number of fused-ring (bicyclic) bond motifs is 6. The lowest BCUT2D eigenvalue weighted by Crippen LogP contribution is -1.82. The minimum absolute atomic E-state index is 1.02. The molecular weight excluding hydrogens is 356 g/mol. The van der Waals surface area contributed by atoms with E-state index in [9.17, 15) is 0 Å². The maximum Gasteiger partial charge on any atom is 0.124 e. The number of thiophene rings is 2. The fourth-order valence-electron chi connectivity index (χ4n) is 3.56. The van der Waals surface area contributed by atoms with Gasteiger partial charge < -0.3 is 0 Å². The third-order valence-electron chi connectivity index (χ3n) is 4.81. The molecule has 0 radical (unpaired) electrons. The Hall–Kier alpha value is -2.82. The van der Waals surface area contributed by atoms with Crippen molar-refractivity contribution >= 4 is 63.1 Å². The lowest BCUT2D eigenvalue weighted by Gasteiger charge is -2.02. The molecule has 0 aliphatic heterocycles. The van der Waals surface area contributed by atoms with Gasteiger partial charge in [-0.25, -0.2) is 4.98 Å². The lowest BCUT2D eigenvalue weighted by atomic mass is 10.1. The third-order valence-corrected chi connectivity index (χ3v) is 7.01. The number of nitrogens with zero attached hydrogens (tertiary/aromatic N) is 2. The first-order valence-electron chi connectivity index (χ1n) is 8.42. The van der Waals surface area contributed by atoms with Crippen LogP contribution in [0.4, 0.5) is 0 Å².